The zero-order valence-electron chi connectivity index (χ0n) is 8.26. The van der Waals surface area contributed by atoms with Crippen LogP contribution in [0.15, 0.2) is 5.38 Å². The summed E-state index contributed by atoms with van der Waals surface area (Å²) in [6.07, 6.45) is 4.89. The van der Waals surface area contributed by atoms with Crippen LogP contribution in [0, 0.1) is 0 Å². The number of rotatable bonds is 3. The lowest BCUT2D eigenvalue weighted by molar-refractivity contribution is 0.195. The van der Waals surface area contributed by atoms with Crippen molar-refractivity contribution >= 4 is 11.3 Å². The van der Waals surface area contributed by atoms with Gasteiger partial charge >= 0.3 is 0 Å². The highest BCUT2D eigenvalue weighted by Gasteiger charge is 2.38. The number of aromatic nitrogens is 1. The highest BCUT2D eigenvalue weighted by atomic mass is 32.1. The van der Waals surface area contributed by atoms with Crippen molar-refractivity contribution in [1.29, 1.82) is 0 Å². The van der Waals surface area contributed by atoms with Gasteiger partial charge in [-0.25, -0.2) is 4.98 Å². The standard InChI is InChI=1S/C10H16N2S/c1-3-9-12-8(7-13-9)10(11-2)5-4-6-10/h7,11H,3-6H2,1-2H3. The average molecular weight is 196 g/mol. The maximum Gasteiger partial charge on any atom is 0.0926 e. The van der Waals surface area contributed by atoms with E-state index in [1.54, 1.807) is 11.3 Å². The highest BCUT2D eigenvalue weighted by Crippen LogP contribution is 2.40. The topological polar surface area (TPSA) is 24.9 Å². The van der Waals surface area contributed by atoms with E-state index < -0.39 is 0 Å². The summed E-state index contributed by atoms with van der Waals surface area (Å²) in [6.45, 7) is 2.16. The maximum atomic E-state index is 4.65. The molecule has 1 N–H and O–H groups in total. The molecule has 2 nitrogen and oxygen atoms in total. The number of aryl methyl sites for hydroxylation is 1. The second-order valence-corrected chi connectivity index (χ2v) is 4.61. The summed E-state index contributed by atoms with van der Waals surface area (Å²) in [4.78, 5) is 4.65. The van der Waals surface area contributed by atoms with E-state index in [2.05, 4.69) is 22.6 Å². The van der Waals surface area contributed by atoms with E-state index in [0.29, 0.717) is 0 Å². The first-order valence-corrected chi connectivity index (χ1v) is 5.82. The van der Waals surface area contributed by atoms with Gasteiger partial charge in [0.1, 0.15) is 0 Å². The van der Waals surface area contributed by atoms with Crippen LogP contribution in [0.1, 0.15) is 36.9 Å². The molecule has 1 aliphatic carbocycles. The summed E-state index contributed by atoms with van der Waals surface area (Å²) in [7, 11) is 2.05. The van der Waals surface area contributed by atoms with Gasteiger partial charge in [-0.3, -0.25) is 0 Å². The van der Waals surface area contributed by atoms with Gasteiger partial charge < -0.3 is 5.32 Å². The molecule has 1 saturated carbocycles. The zero-order chi connectivity index (χ0) is 9.31. The van der Waals surface area contributed by atoms with Gasteiger partial charge in [0.25, 0.3) is 0 Å². The van der Waals surface area contributed by atoms with Gasteiger partial charge in [0.15, 0.2) is 0 Å². The largest absolute Gasteiger partial charge is 0.309 e. The summed E-state index contributed by atoms with van der Waals surface area (Å²) in [5, 5.41) is 6.89. The molecule has 0 spiro atoms. The quantitative estimate of drug-likeness (QED) is 0.802. The summed E-state index contributed by atoms with van der Waals surface area (Å²) in [6, 6.07) is 0. The van der Waals surface area contributed by atoms with E-state index >= 15 is 0 Å². The Morgan fingerprint density at radius 1 is 1.62 bits per heavy atom. The Balaban J connectivity index is 2.23. The molecule has 1 aromatic rings. The Morgan fingerprint density at radius 3 is 2.77 bits per heavy atom. The van der Waals surface area contributed by atoms with Gasteiger partial charge in [-0.2, -0.15) is 0 Å². The molecule has 0 amide bonds. The van der Waals surface area contributed by atoms with Crippen LogP contribution in [0.5, 0.6) is 0 Å². The van der Waals surface area contributed by atoms with Crippen molar-refractivity contribution in [3.05, 3.63) is 16.1 Å². The van der Waals surface area contributed by atoms with Crippen LogP contribution >= 0.6 is 11.3 Å². The molecule has 1 aromatic heterocycles. The Bertz CT molecular complexity index is 283. The fourth-order valence-electron chi connectivity index (χ4n) is 1.86. The first-order chi connectivity index (χ1) is 6.30. The molecular formula is C10H16N2S. The molecule has 0 saturated heterocycles. The van der Waals surface area contributed by atoms with Crippen molar-refractivity contribution in [2.24, 2.45) is 0 Å². The summed E-state index contributed by atoms with van der Waals surface area (Å²) >= 11 is 1.79. The van der Waals surface area contributed by atoms with Gasteiger partial charge in [-0.05, 0) is 32.7 Å². The average Bonchev–Trinajstić information content (AvgIpc) is 2.52. The van der Waals surface area contributed by atoms with E-state index in [9.17, 15) is 0 Å². The van der Waals surface area contributed by atoms with Gasteiger partial charge in [0.2, 0.25) is 0 Å². The van der Waals surface area contributed by atoms with Crippen LogP contribution in [-0.2, 0) is 12.0 Å². The van der Waals surface area contributed by atoms with Gasteiger partial charge in [-0.15, -0.1) is 11.3 Å². The number of hydrogen-bond donors (Lipinski definition) is 1. The Kier molecular flexibility index (Phi) is 2.39. The number of hydrogen-bond acceptors (Lipinski definition) is 3. The predicted molar refractivity (Wildman–Crippen MR) is 56.1 cm³/mol. The first-order valence-electron chi connectivity index (χ1n) is 4.94. The fraction of sp³-hybridized carbons (Fsp3) is 0.700. The molecule has 1 aliphatic rings. The van der Waals surface area contributed by atoms with Gasteiger partial charge in [0, 0.05) is 5.38 Å². The second kappa shape index (κ2) is 3.39. The molecule has 3 heteroatoms. The molecule has 2 rings (SSSR count). The van der Waals surface area contributed by atoms with Crippen molar-refractivity contribution in [3.63, 3.8) is 0 Å². The van der Waals surface area contributed by atoms with Crippen molar-refractivity contribution in [1.82, 2.24) is 10.3 Å². The third-order valence-electron chi connectivity index (χ3n) is 3.03. The Morgan fingerprint density at radius 2 is 2.38 bits per heavy atom. The minimum atomic E-state index is 0.226. The lowest BCUT2D eigenvalue weighted by Gasteiger charge is -2.40. The molecule has 13 heavy (non-hydrogen) atoms. The van der Waals surface area contributed by atoms with Crippen molar-refractivity contribution in [2.45, 2.75) is 38.1 Å². The second-order valence-electron chi connectivity index (χ2n) is 3.67. The van der Waals surface area contributed by atoms with E-state index in [1.165, 1.54) is 30.0 Å². The molecule has 0 unspecified atom stereocenters. The number of thiazole rings is 1. The third-order valence-corrected chi connectivity index (χ3v) is 4.02. The monoisotopic (exact) mass is 196 g/mol. The molecule has 0 radical (unpaired) electrons. The van der Waals surface area contributed by atoms with Crippen LogP contribution in [0.2, 0.25) is 0 Å². The van der Waals surface area contributed by atoms with E-state index in [1.807, 2.05) is 7.05 Å². The van der Waals surface area contributed by atoms with E-state index in [-0.39, 0.29) is 5.54 Å². The molecule has 0 aliphatic heterocycles. The first kappa shape index (κ1) is 9.16. The smallest absolute Gasteiger partial charge is 0.0926 e. The normalized spacial score (nSPS) is 19.8. The summed E-state index contributed by atoms with van der Waals surface area (Å²) in [5.74, 6) is 0. The van der Waals surface area contributed by atoms with Crippen LogP contribution < -0.4 is 5.32 Å². The van der Waals surface area contributed by atoms with E-state index in [0.717, 1.165) is 6.42 Å². The zero-order valence-corrected chi connectivity index (χ0v) is 9.08. The molecule has 0 atom stereocenters. The summed E-state index contributed by atoms with van der Waals surface area (Å²) < 4.78 is 0. The lowest BCUT2D eigenvalue weighted by Crippen LogP contribution is -2.46. The van der Waals surface area contributed by atoms with Crippen molar-refractivity contribution in [3.8, 4) is 0 Å². The fourth-order valence-corrected chi connectivity index (χ4v) is 2.70. The third kappa shape index (κ3) is 1.40. The van der Waals surface area contributed by atoms with Crippen molar-refractivity contribution in [2.75, 3.05) is 7.05 Å². The van der Waals surface area contributed by atoms with Crippen LogP contribution in [0.3, 0.4) is 0 Å². The van der Waals surface area contributed by atoms with Crippen LogP contribution in [0.4, 0.5) is 0 Å². The van der Waals surface area contributed by atoms with Crippen LogP contribution in [-0.4, -0.2) is 12.0 Å². The minimum absolute atomic E-state index is 0.226. The Labute approximate surface area is 83.4 Å². The highest BCUT2D eigenvalue weighted by molar-refractivity contribution is 7.09. The lowest BCUT2D eigenvalue weighted by atomic mass is 9.75. The molecular weight excluding hydrogens is 180 g/mol. The summed E-state index contributed by atoms with van der Waals surface area (Å²) in [5.41, 5.74) is 1.49. The predicted octanol–water partition coefficient (Wildman–Crippen LogP) is 2.30. The molecule has 0 aromatic carbocycles. The van der Waals surface area contributed by atoms with Gasteiger partial charge in [0.05, 0.1) is 16.2 Å². The molecule has 72 valence electrons. The number of nitrogens with zero attached hydrogens (tertiary/aromatic N) is 1. The molecule has 1 fully saturated rings. The van der Waals surface area contributed by atoms with Gasteiger partial charge in [-0.1, -0.05) is 6.92 Å². The number of nitrogens with one attached hydrogen (secondary N) is 1. The van der Waals surface area contributed by atoms with Crippen molar-refractivity contribution < 1.29 is 0 Å². The maximum absolute atomic E-state index is 4.65. The minimum Gasteiger partial charge on any atom is -0.309 e. The molecule has 0 bridgehead atoms. The Hall–Kier alpha value is -0.410. The van der Waals surface area contributed by atoms with E-state index in [4.69, 9.17) is 0 Å². The SMILES string of the molecule is CCc1nc(C2(NC)CCC2)cs1. The van der Waals surface area contributed by atoms with Crippen LogP contribution in [0.25, 0.3) is 0 Å². The molecule has 1 heterocycles.